The molecule has 2 heterocycles. The van der Waals surface area contributed by atoms with Crippen molar-refractivity contribution in [1.29, 1.82) is 0 Å². The van der Waals surface area contributed by atoms with Gasteiger partial charge in [-0.05, 0) is 19.1 Å². The lowest BCUT2D eigenvalue weighted by atomic mass is 10.3. The van der Waals surface area contributed by atoms with Gasteiger partial charge in [0, 0.05) is 10.9 Å². The van der Waals surface area contributed by atoms with Gasteiger partial charge in [0.1, 0.15) is 0 Å². The van der Waals surface area contributed by atoms with E-state index < -0.39 is 17.6 Å². The van der Waals surface area contributed by atoms with E-state index in [1.165, 1.54) is 11.3 Å². The van der Waals surface area contributed by atoms with Crippen LogP contribution in [0.2, 0.25) is 0 Å². The molecule has 0 aliphatic rings. The number of aromatic nitrogens is 2. The van der Waals surface area contributed by atoms with Crippen molar-refractivity contribution in [2.75, 3.05) is 0 Å². The number of nitrogens with zero attached hydrogens (tertiary/aromatic N) is 1. The Hall–Kier alpha value is -1.63. The SMILES string of the molecule is Cc1ccc(-c2cc(=O)[nH]c(C(F)(F)F)n2)s1. The van der Waals surface area contributed by atoms with Crippen molar-refractivity contribution < 1.29 is 13.2 Å². The molecule has 1 N–H and O–H groups in total. The van der Waals surface area contributed by atoms with E-state index in [1.807, 2.05) is 6.92 Å². The summed E-state index contributed by atoms with van der Waals surface area (Å²) >= 11 is 1.29. The Balaban J connectivity index is 2.57. The predicted molar refractivity (Wildman–Crippen MR) is 57.9 cm³/mol. The van der Waals surface area contributed by atoms with Gasteiger partial charge in [-0.25, -0.2) is 4.98 Å². The molecule has 7 heteroatoms. The molecule has 0 saturated carbocycles. The third-order valence-electron chi connectivity index (χ3n) is 2.00. The van der Waals surface area contributed by atoms with Gasteiger partial charge in [0.15, 0.2) is 0 Å². The average Bonchev–Trinajstić information content (AvgIpc) is 2.62. The van der Waals surface area contributed by atoms with E-state index in [1.54, 1.807) is 17.1 Å². The highest BCUT2D eigenvalue weighted by Crippen LogP contribution is 2.29. The van der Waals surface area contributed by atoms with Crippen molar-refractivity contribution in [1.82, 2.24) is 9.97 Å². The number of aromatic amines is 1. The Bertz CT molecular complexity index is 600. The molecule has 17 heavy (non-hydrogen) atoms. The van der Waals surface area contributed by atoms with Crippen LogP contribution in [0.25, 0.3) is 10.6 Å². The number of hydrogen-bond donors (Lipinski definition) is 1. The van der Waals surface area contributed by atoms with Crippen molar-refractivity contribution in [2.45, 2.75) is 13.1 Å². The van der Waals surface area contributed by atoms with E-state index in [4.69, 9.17) is 0 Å². The molecule has 0 unspecified atom stereocenters. The summed E-state index contributed by atoms with van der Waals surface area (Å²) in [6, 6.07) is 4.46. The molecule has 0 aromatic carbocycles. The normalized spacial score (nSPS) is 11.8. The number of aryl methyl sites for hydroxylation is 1. The molecule has 0 saturated heterocycles. The largest absolute Gasteiger partial charge is 0.449 e. The number of rotatable bonds is 1. The second-order valence-corrected chi connectivity index (χ2v) is 4.68. The highest BCUT2D eigenvalue weighted by atomic mass is 32.1. The molecule has 2 rings (SSSR count). The molecule has 3 nitrogen and oxygen atoms in total. The zero-order valence-electron chi connectivity index (χ0n) is 8.63. The highest BCUT2D eigenvalue weighted by Gasteiger charge is 2.34. The quantitative estimate of drug-likeness (QED) is 0.857. The standard InChI is InChI=1S/C10H7F3N2OS/c1-5-2-3-7(17-5)6-4-8(16)15-9(14-6)10(11,12)13/h2-4H,1H3,(H,14,15,16). The maximum atomic E-state index is 12.4. The van der Waals surface area contributed by atoms with Crippen LogP contribution in [0.4, 0.5) is 13.2 Å². The summed E-state index contributed by atoms with van der Waals surface area (Å²) in [6.07, 6.45) is -4.65. The van der Waals surface area contributed by atoms with Gasteiger partial charge in [-0.3, -0.25) is 4.79 Å². The van der Waals surface area contributed by atoms with Crippen LogP contribution >= 0.6 is 11.3 Å². The molecule has 0 atom stereocenters. The summed E-state index contributed by atoms with van der Waals surface area (Å²) in [5.74, 6) is -1.27. The second kappa shape index (κ2) is 3.99. The summed E-state index contributed by atoms with van der Waals surface area (Å²) in [5.41, 5.74) is -0.771. The Morgan fingerprint density at radius 2 is 2.06 bits per heavy atom. The van der Waals surface area contributed by atoms with Crippen molar-refractivity contribution >= 4 is 11.3 Å². The fraction of sp³-hybridized carbons (Fsp3) is 0.200. The minimum absolute atomic E-state index is 0.0409. The van der Waals surface area contributed by atoms with Gasteiger partial charge in [0.25, 0.3) is 5.56 Å². The topological polar surface area (TPSA) is 45.8 Å². The van der Waals surface area contributed by atoms with Gasteiger partial charge in [-0.15, -0.1) is 11.3 Å². The third kappa shape index (κ3) is 2.55. The molecule has 0 radical (unpaired) electrons. The predicted octanol–water partition coefficient (Wildman–Crippen LogP) is 2.83. The Labute approximate surface area is 98.0 Å². The van der Waals surface area contributed by atoms with Crippen molar-refractivity contribution in [3.05, 3.63) is 39.3 Å². The van der Waals surface area contributed by atoms with E-state index in [2.05, 4.69) is 4.98 Å². The molecule has 2 aromatic rings. The summed E-state index contributed by atoms with van der Waals surface area (Å²) < 4.78 is 37.3. The van der Waals surface area contributed by atoms with Crippen molar-refractivity contribution in [3.8, 4) is 10.6 Å². The monoisotopic (exact) mass is 260 g/mol. The molecule has 0 bridgehead atoms. The zero-order valence-corrected chi connectivity index (χ0v) is 9.45. The minimum Gasteiger partial charge on any atom is -0.303 e. The van der Waals surface area contributed by atoms with E-state index in [0.717, 1.165) is 10.9 Å². The third-order valence-corrected chi connectivity index (χ3v) is 3.03. The number of hydrogen-bond acceptors (Lipinski definition) is 3. The average molecular weight is 260 g/mol. The van der Waals surface area contributed by atoms with Crippen LogP contribution in [0.3, 0.4) is 0 Å². The Morgan fingerprint density at radius 3 is 2.59 bits per heavy atom. The van der Waals surface area contributed by atoms with Crippen LogP contribution in [-0.2, 0) is 6.18 Å². The first-order valence-corrected chi connectivity index (χ1v) is 5.43. The number of alkyl halides is 3. The zero-order chi connectivity index (χ0) is 12.6. The van der Waals surface area contributed by atoms with E-state index in [-0.39, 0.29) is 5.69 Å². The summed E-state index contributed by atoms with van der Waals surface area (Å²) in [6.45, 7) is 1.83. The summed E-state index contributed by atoms with van der Waals surface area (Å²) in [5, 5.41) is 0. The number of H-pyrrole nitrogens is 1. The van der Waals surface area contributed by atoms with Gasteiger partial charge in [-0.2, -0.15) is 13.2 Å². The molecular weight excluding hydrogens is 253 g/mol. The van der Waals surface area contributed by atoms with E-state index >= 15 is 0 Å². The lowest BCUT2D eigenvalue weighted by molar-refractivity contribution is -0.145. The van der Waals surface area contributed by atoms with Crippen LogP contribution in [-0.4, -0.2) is 9.97 Å². The number of halogens is 3. The van der Waals surface area contributed by atoms with E-state index in [0.29, 0.717) is 4.88 Å². The molecule has 0 spiro atoms. The molecular formula is C10H7F3N2OS. The van der Waals surface area contributed by atoms with Crippen LogP contribution in [0, 0.1) is 6.92 Å². The fourth-order valence-corrected chi connectivity index (χ4v) is 2.12. The second-order valence-electron chi connectivity index (χ2n) is 3.39. The maximum absolute atomic E-state index is 12.4. The molecule has 0 amide bonds. The molecule has 0 aliphatic carbocycles. The van der Waals surface area contributed by atoms with Gasteiger partial charge in [-0.1, -0.05) is 0 Å². The minimum atomic E-state index is -4.65. The fourth-order valence-electron chi connectivity index (χ4n) is 1.29. The highest BCUT2D eigenvalue weighted by molar-refractivity contribution is 7.15. The van der Waals surface area contributed by atoms with Crippen LogP contribution in [0.15, 0.2) is 23.0 Å². The Kier molecular flexibility index (Phi) is 2.78. The number of thiophene rings is 1. The van der Waals surface area contributed by atoms with Gasteiger partial charge < -0.3 is 4.98 Å². The smallest absolute Gasteiger partial charge is 0.303 e. The van der Waals surface area contributed by atoms with Crippen LogP contribution in [0.5, 0.6) is 0 Å². The first-order chi connectivity index (χ1) is 7.86. The van der Waals surface area contributed by atoms with Crippen LogP contribution < -0.4 is 5.56 Å². The lowest BCUT2D eigenvalue weighted by Crippen LogP contribution is -2.18. The molecule has 2 aromatic heterocycles. The van der Waals surface area contributed by atoms with Crippen molar-refractivity contribution in [2.24, 2.45) is 0 Å². The molecule has 0 aliphatic heterocycles. The van der Waals surface area contributed by atoms with Crippen LogP contribution in [0.1, 0.15) is 10.7 Å². The Morgan fingerprint density at radius 1 is 1.35 bits per heavy atom. The van der Waals surface area contributed by atoms with Gasteiger partial charge >= 0.3 is 6.18 Å². The molecule has 90 valence electrons. The van der Waals surface area contributed by atoms with Crippen molar-refractivity contribution in [3.63, 3.8) is 0 Å². The summed E-state index contributed by atoms with van der Waals surface area (Å²) in [7, 11) is 0. The van der Waals surface area contributed by atoms with Gasteiger partial charge in [0.2, 0.25) is 5.82 Å². The maximum Gasteiger partial charge on any atom is 0.449 e. The molecule has 0 fully saturated rings. The van der Waals surface area contributed by atoms with Gasteiger partial charge in [0.05, 0.1) is 10.6 Å². The lowest BCUT2D eigenvalue weighted by Gasteiger charge is -2.05. The number of nitrogens with one attached hydrogen (secondary N) is 1. The first-order valence-electron chi connectivity index (χ1n) is 4.61. The first kappa shape index (κ1) is 11.8. The van der Waals surface area contributed by atoms with E-state index in [9.17, 15) is 18.0 Å². The summed E-state index contributed by atoms with van der Waals surface area (Å²) in [4.78, 5) is 17.7.